The van der Waals surface area contributed by atoms with Gasteiger partial charge in [-0.05, 0) is 50.1 Å². The Kier molecular flexibility index (Phi) is 4.52. The summed E-state index contributed by atoms with van der Waals surface area (Å²) in [5.74, 6) is -0.148. The van der Waals surface area contributed by atoms with E-state index in [4.69, 9.17) is 10.2 Å². The Morgan fingerprint density at radius 2 is 2.00 bits per heavy atom. The highest BCUT2D eigenvalue weighted by Crippen LogP contribution is 2.30. The van der Waals surface area contributed by atoms with E-state index in [1.807, 2.05) is 0 Å². The number of furan rings is 1. The Bertz CT molecular complexity index is 746. The smallest absolute Gasteiger partial charge is 0.266 e. The van der Waals surface area contributed by atoms with Gasteiger partial charge in [-0.25, -0.2) is 12.8 Å². The van der Waals surface area contributed by atoms with Crippen LogP contribution in [0.3, 0.4) is 0 Å². The van der Waals surface area contributed by atoms with Crippen LogP contribution < -0.4 is 10.5 Å². The molecule has 0 aliphatic carbocycles. The fourth-order valence-corrected chi connectivity index (χ4v) is 4.11. The minimum absolute atomic E-state index is 0.0590. The average Bonchev–Trinajstić information content (AvgIpc) is 2.75. The summed E-state index contributed by atoms with van der Waals surface area (Å²) in [5.41, 5.74) is 5.61. The van der Waals surface area contributed by atoms with Crippen LogP contribution in [0.15, 0.2) is 42.7 Å². The predicted molar refractivity (Wildman–Crippen MR) is 79.2 cm³/mol. The summed E-state index contributed by atoms with van der Waals surface area (Å²) in [6, 6.07) is 4.95. The topological polar surface area (TPSA) is 85.3 Å². The van der Waals surface area contributed by atoms with Gasteiger partial charge in [0.05, 0.1) is 12.2 Å². The maximum atomic E-state index is 13.0. The molecule has 0 fully saturated rings. The van der Waals surface area contributed by atoms with Gasteiger partial charge in [0.15, 0.2) is 4.67 Å². The number of nitrogens with one attached hydrogen (secondary N) is 1. The Labute approximate surface area is 131 Å². The van der Waals surface area contributed by atoms with Crippen LogP contribution >= 0.6 is 31.9 Å². The van der Waals surface area contributed by atoms with E-state index >= 15 is 0 Å². The van der Waals surface area contributed by atoms with E-state index in [0.717, 1.165) is 12.1 Å². The maximum absolute atomic E-state index is 13.0. The summed E-state index contributed by atoms with van der Waals surface area (Å²) in [6.45, 7) is 0.0777. The normalized spacial score (nSPS) is 11.6. The van der Waals surface area contributed by atoms with Crippen LogP contribution in [0, 0.1) is 5.82 Å². The number of benzene rings is 1. The lowest BCUT2D eigenvalue weighted by Crippen LogP contribution is -2.13. The fourth-order valence-electron chi connectivity index (χ4n) is 1.45. The molecule has 2 rings (SSSR count). The third-order valence-electron chi connectivity index (χ3n) is 2.37. The first-order chi connectivity index (χ1) is 9.33. The van der Waals surface area contributed by atoms with Crippen molar-refractivity contribution in [2.45, 2.75) is 11.4 Å². The second-order valence-electron chi connectivity index (χ2n) is 3.78. The predicted octanol–water partition coefficient (Wildman–Crippen LogP) is 3.20. The highest BCUT2D eigenvalue weighted by molar-refractivity contribution is 9.10. The van der Waals surface area contributed by atoms with E-state index in [-0.39, 0.29) is 21.8 Å². The van der Waals surface area contributed by atoms with Crippen LogP contribution in [-0.2, 0) is 16.6 Å². The molecular weight excluding hydrogens is 419 g/mol. The van der Waals surface area contributed by atoms with Gasteiger partial charge in [-0.3, -0.25) is 4.72 Å². The lowest BCUT2D eigenvalue weighted by Gasteiger charge is -2.08. The van der Waals surface area contributed by atoms with Gasteiger partial charge in [0.2, 0.25) is 0 Å². The molecule has 0 unspecified atom stereocenters. The van der Waals surface area contributed by atoms with E-state index in [1.165, 1.54) is 12.1 Å². The minimum Gasteiger partial charge on any atom is -0.452 e. The standard InChI is InChI=1S/C11H9Br2FN2O3S/c12-8-3-6(14)1-2-9(8)16-20(17,18)10-4-7(5-15)19-11(10)13/h1-4,16H,5,15H2. The number of rotatable bonds is 4. The maximum Gasteiger partial charge on any atom is 0.266 e. The van der Waals surface area contributed by atoms with Crippen LogP contribution in [0.2, 0.25) is 0 Å². The molecule has 108 valence electrons. The zero-order valence-electron chi connectivity index (χ0n) is 9.86. The summed E-state index contributed by atoms with van der Waals surface area (Å²) in [4.78, 5) is -0.0748. The first-order valence-corrected chi connectivity index (χ1v) is 8.36. The van der Waals surface area contributed by atoms with Gasteiger partial charge >= 0.3 is 0 Å². The van der Waals surface area contributed by atoms with Crippen molar-refractivity contribution >= 4 is 47.6 Å². The molecule has 5 nitrogen and oxygen atoms in total. The molecular formula is C11H9Br2FN2O3S. The molecule has 0 bridgehead atoms. The molecule has 1 aromatic heterocycles. The third kappa shape index (κ3) is 3.22. The largest absolute Gasteiger partial charge is 0.452 e. The Morgan fingerprint density at radius 1 is 1.30 bits per heavy atom. The van der Waals surface area contributed by atoms with Crippen molar-refractivity contribution in [2.24, 2.45) is 5.73 Å². The summed E-state index contributed by atoms with van der Waals surface area (Å²) >= 11 is 6.11. The lowest BCUT2D eigenvalue weighted by molar-refractivity contribution is 0.484. The van der Waals surface area contributed by atoms with Gasteiger partial charge in [-0.15, -0.1) is 0 Å². The molecule has 1 heterocycles. The number of hydrogen-bond donors (Lipinski definition) is 2. The minimum atomic E-state index is -3.87. The highest BCUT2D eigenvalue weighted by atomic mass is 79.9. The van der Waals surface area contributed by atoms with Crippen LogP contribution in [0.4, 0.5) is 10.1 Å². The Hall–Kier alpha value is -0.900. The summed E-state index contributed by atoms with van der Waals surface area (Å²) < 4.78 is 45.3. The van der Waals surface area contributed by atoms with Crippen molar-refractivity contribution in [3.05, 3.63) is 45.0 Å². The van der Waals surface area contributed by atoms with E-state index in [2.05, 4.69) is 36.6 Å². The molecule has 0 radical (unpaired) electrons. The average molecular weight is 428 g/mol. The monoisotopic (exact) mass is 426 g/mol. The van der Waals surface area contributed by atoms with Crippen molar-refractivity contribution in [3.8, 4) is 0 Å². The van der Waals surface area contributed by atoms with E-state index in [0.29, 0.717) is 10.2 Å². The van der Waals surface area contributed by atoms with Gasteiger partial charge in [0.1, 0.15) is 16.5 Å². The lowest BCUT2D eigenvalue weighted by atomic mass is 10.3. The van der Waals surface area contributed by atoms with Crippen molar-refractivity contribution in [2.75, 3.05) is 4.72 Å². The van der Waals surface area contributed by atoms with Gasteiger partial charge in [0.25, 0.3) is 10.0 Å². The number of hydrogen-bond acceptors (Lipinski definition) is 4. The van der Waals surface area contributed by atoms with Crippen LogP contribution in [-0.4, -0.2) is 8.42 Å². The SMILES string of the molecule is NCc1cc(S(=O)(=O)Nc2ccc(F)cc2Br)c(Br)o1. The van der Waals surface area contributed by atoms with E-state index in [9.17, 15) is 12.8 Å². The number of nitrogens with two attached hydrogens (primary N) is 1. The molecule has 0 saturated heterocycles. The summed E-state index contributed by atoms with van der Waals surface area (Å²) in [5, 5.41) is 0. The van der Waals surface area contributed by atoms with Gasteiger partial charge in [-0.2, -0.15) is 0 Å². The highest BCUT2D eigenvalue weighted by Gasteiger charge is 2.23. The number of anilines is 1. The molecule has 0 aliphatic rings. The van der Waals surface area contributed by atoms with Gasteiger partial charge in [0, 0.05) is 10.5 Å². The molecule has 9 heteroatoms. The Balaban J connectivity index is 2.38. The van der Waals surface area contributed by atoms with Crippen LogP contribution in [0.5, 0.6) is 0 Å². The second-order valence-corrected chi connectivity index (χ2v) is 7.01. The van der Waals surface area contributed by atoms with Gasteiger partial charge < -0.3 is 10.2 Å². The molecule has 2 aromatic rings. The molecule has 3 N–H and O–H groups in total. The van der Waals surface area contributed by atoms with Crippen molar-refractivity contribution in [3.63, 3.8) is 0 Å². The van der Waals surface area contributed by atoms with Crippen LogP contribution in [0.25, 0.3) is 0 Å². The van der Waals surface area contributed by atoms with E-state index in [1.54, 1.807) is 0 Å². The first-order valence-electron chi connectivity index (χ1n) is 5.29. The zero-order valence-corrected chi connectivity index (χ0v) is 13.8. The second kappa shape index (κ2) is 5.84. The molecule has 0 aliphatic heterocycles. The molecule has 0 amide bonds. The van der Waals surface area contributed by atoms with Crippen molar-refractivity contribution in [1.82, 2.24) is 0 Å². The molecule has 1 aromatic carbocycles. The molecule has 0 atom stereocenters. The van der Waals surface area contributed by atoms with Crippen molar-refractivity contribution in [1.29, 1.82) is 0 Å². The van der Waals surface area contributed by atoms with E-state index < -0.39 is 15.8 Å². The fraction of sp³-hybridized carbons (Fsp3) is 0.0909. The Morgan fingerprint density at radius 3 is 2.55 bits per heavy atom. The van der Waals surface area contributed by atoms with Gasteiger partial charge in [-0.1, -0.05) is 0 Å². The summed E-state index contributed by atoms with van der Waals surface area (Å²) in [7, 11) is -3.87. The molecule has 0 saturated carbocycles. The third-order valence-corrected chi connectivity index (χ3v) is 5.25. The zero-order chi connectivity index (χ0) is 14.9. The van der Waals surface area contributed by atoms with Crippen LogP contribution in [0.1, 0.15) is 5.76 Å². The number of halogens is 3. The van der Waals surface area contributed by atoms with Crippen molar-refractivity contribution < 1.29 is 17.2 Å². The number of sulfonamides is 1. The molecule has 0 spiro atoms. The molecule has 20 heavy (non-hydrogen) atoms. The first kappa shape index (κ1) is 15.5. The quantitative estimate of drug-likeness (QED) is 0.784. The summed E-state index contributed by atoms with van der Waals surface area (Å²) in [6.07, 6.45) is 0.